The van der Waals surface area contributed by atoms with E-state index in [-0.39, 0.29) is 11.4 Å². The van der Waals surface area contributed by atoms with Crippen LogP contribution in [0.15, 0.2) is 35.4 Å². The van der Waals surface area contributed by atoms with Crippen LogP contribution in [0.5, 0.6) is 0 Å². The Morgan fingerprint density at radius 1 is 1.35 bits per heavy atom. The normalized spacial score (nSPS) is 11.8. The summed E-state index contributed by atoms with van der Waals surface area (Å²) >= 11 is 0. The third-order valence-electron chi connectivity index (χ3n) is 2.48. The minimum Gasteiger partial charge on any atom is -0.480 e. The van der Waals surface area contributed by atoms with E-state index in [4.69, 9.17) is 5.11 Å². The van der Waals surface area contributed by atoms with E-state index in [2.05, 4.69) is 0 Å². The third-order valence-corrected chi connectivity index (χ3v) is 3.59. The molecule has 0 amide bonds. The predicted octanol–water partition coefficient (Wildman–Crippen LogP) is 1.13. The van der Waals surface area contributed by atoms with E-state index in [1.165, 1.54) is 6.07 Å². The molecule has 0 saturated carbocycles. The Balaban J connectivity index is 2.56. The number of carboxylic acids is 1. The van der Waals surface area contributed by atoms with Gasteiger partial charge in [-0.15, -0.1) is 0 Å². The quantitative estimate of drug-likeness (QED) is 0.889. The van der Waals surface area contributed by atoms with E-state index < -0.39 is 15.8 Å². The first-order chi connectivity index (χ1) is 7.88. The number of carbonyl (C=O) groups is 1. The number of aliphatic carboxylic acids is 1. The van der Waals surface area contributed by atoms with Crippen molar-refractivity contribution in [3.8, 4) is 0 Å². The first kappa shape index (κ1) is 11.7. The minimum atomic E-state index is -3.23. The summed E-state index contributed by atoms with van der Waals surface area (Å²) in [5.41, 5.74) is 0.708. The number of rotatable bonds is 3. The molecule has 0 radical (unpaired) electrons. The fourth-order valence-electron chi connectivity index (χ4n) is 1.69. The number of benzene rings is 1. The molecule has 0 aliphatic heterocycles. The molecule has 0 unspecified atom stereocenters. The van der Waals surface area contributed by atoms with Crippen molar-refractivity contribution in [3.05, 3.63) is 30.5 Å². The number of aromatic nitrogens is 1. The zero-order chi connectivity index (χ0) is 12.6. The van der Waals surface area contributed by atoms with Gasteiger partial charge in [-0.2, -0.15) is 0 Å². The summed E-state index contributed by atoms with van der Waals surface area (Å²) < 4.78 is 24.3. The Bertz CT molecular complexity index is 685. The summed E-state index contributed by atoms with van der Waals surface area (Å²) in [4.78, 5) is 10.9. The van der Waals surface area contributed by atoms with Gasteiger partial charge in [0.15, 0.2) is 9.84 Å². The molecule has 2 aromatic rings. The van der Waals surface area contributed by atoms with Crippen molar-refractivity contribution in [3.63, 3.8) is 0 Å². The predicted molar refractivity (Wildman–Crippen MR) is 62.7 cm³/mol. The van der Waals surface area contributed by atoms with Crippen LogP contribution < -0.4 is 0 Å². The first-order valence-electron chi connectivity index (χ1n) is 4.89. The summed E-state index contributed by atoms with van der Waals surface area (Å²) in [6, 6.07) is 6.35. The molecule has 0 fully saturated rings. The van der Waals surface area contributed by atoms with E-state index in [0.717, 1.165) is 6.26 Å². The summed E-state index contributed by atoms with van der Waals surface area (Å²) in [7, 11) is -3.23. The molecule has 0 saturated heterocycles. The Kier molecular flexibility index (Phi) is 2.66. The number of hydrogen-bond acceptors (Lipinski definition) is 3. The lowest BCUT2D eigenvalue weighted by Crippen LogP contribution is -2.07. The van der Waals surface area contributed by atoms with Gasteiger partial charge in [-0.05, 0) is 24.3 Å². The van der Waals surface area contributed by atoms with E-state index in [1.807, 2.05) is 0 Å². The molecule has 6 heteroatoms. The van der Waals surface area contributed by atoms with Crippen LogP contribution in [0.1, 0.15) is 0 Å². The van der Waals surface area contributed by atoms with Gasteiger partial charge in [0.1, 0.15) is 6.54 Å². The van der Waals surface area contributed by atoms with Crippen molar-refractivity contribution in [2.24, 2.45) is 0 Å². The maximum absolute atomic E-state index is 11.4. The molecule has 2 rings (SSSR count). The molecule has 1 aromatic heterocycles. The summed E-state index contributed by atoms with van der Waals surface area (Å²) in [6.45, 7) is -0.137. The molecule has 0 aliphatic rings. The van der Waals surface area contributed by atoms with Gasteiger partial charge in [-0.3, -0.25) is 4.79 Å². The van der Waals surface area contributed by atoms with E-state index in [9.17, 15) is 13.2 Å². The average Bonchev–Trinajstić information content (AvgIpc) is 2.59. The third kappa shape index (κ3) is 2.31. The number of fused-ring (bicyclic) bond motifs is 1. The molecule has 0 bridgehead atoms. The molecule has 0 atom stereocenters. The SMILES string of the molecule is CS(=O)(=O)c1ccc2c(ccn2CC(=O)O)c1. The zero-order valence-electron chi connectivity index (χ0n) is 9.12. The lowest BCUT2D eigenvalue weighted by atomic mass is 10.2. The first-order valence-corrected chi connectivity index (χ1v) is 6.78. The summed E-state index contributed by atoms with van der Waals surface area (Å²) in [5, 5.41) is 9.43. The molecular formula is C11H11NO4S. The second-order valence-corrected chi connectivity index (χ2v) is 5.85. The molecule has 1 aromatic carbocycles. The molecule has 5 nitrogen and oxygen atoms in total. The van der Waals surface area contributed by atoms with Gasteiger partial charge in [0, 0.05) is 23.4 Å². The van der Waals surface area contributed by atoms with Gasteiger partial charge < -0.3 is 9.67 Å². The van der Waals surface area contributed by atoms with E-state index in [0.29, 0.717) is 10.9 Å². The average molecular weight is 253 g/mol. The smallest absolute Gasteiger partial charge is 0.323 e. The van der Waals surface area contributed by atoms with Crippen molar-refractivity contribution in [1.82, 2.24) is 4.57 Å². The van der Waals surface area contributed by atoms with Crippen molar-refractivity contribution in [2.75, 3.05) is 6.26 Å². The van der Waals surface area contributed by atoms with Crippen molar-refractivity contribution in [2.45, 2.75) is 11.4 Å². The number of hydrogen-bond donors (Lipinski definition) is 1. The van der Waals surface area contributed by atoms with Crippen molar-refractivity contribution >= 4 is 26.7 Å². The van der Waals surface area contributed by atoms with Gasteiger partial charge in [0.05, 0.1) is 4.90 Å². The highest BCUT2D eigenvalue weighted by Gasteiger charge is 2.10. The van der Waals surface area contributed by atoms with Crippen LogP contribution in [0, 0.1) is 0 Å². The van der Waals surface area contributed by atoms with Gasteiger partial charge in [0.2, 0.25) is 0 Å². The van der Waals surface area contributed by atoms with Gasteiger partial charge in [-0.1, -0.05) is 0 Å². The minimum absolute atomic E-state index is 0.137. The second kappa shape index (κ2) is 3.89. The monoisotopic (exact) mass is 253 g/mol. The maximum atomic E-state index is 11.4. The van der Waals surface area contributed by atoms with Crippen LogP contribution in [0.25, 0.3) is 10.9 Å². The Morgan fingerprint density at radius 3 is 2.65 bits per heavy atom. The fourth-order valence-corrected chi connectivity index (χ4v) is 2.35. The second-order valence-electron chi connectivity index (χ2n) is 3.83. The lowest BCUT2D eigenvalue weighted by molar-refractivity contribution is -0.137. The largest absolute Gasteiger partial charge is 0.480 e. The molecule has 1 heterocycles. The topological polar surface area (TPSA) is 76.4 Å². The highest BCUT2D eigenvalue weighted by Crippen LogP contribution is 2.20. The molecule has 90 valence electrons. The highest BCUT2D eigenvalue weighted by molar-refractivity contribution is 7.90. The van der Waals surface area contributed by atoms with Crippen molar-refractivity contribution in [1.29, 1.82) is 0 Å². The number of sulfone groups is 1. The summed E-state index contributed by atoms with van der Waals surface area (Å²) in [5.74, 6) is -0.935. The molecule has 0 aliphatic carbocycles. The van der Waals surface area contributed by atoms with Gasteiger partial charge in [0.25, 0.3) is 0 Å². The molecule has 0 spiro atoms. The zero-order valence-corrected chi connectivity index (χ0v) is 9.94. The van der Waals surface area contributed by atoms with Gasteiger partial charge in [-0.25, -0.2) is 8.42 Å². The van der Waals surface area contributed by atoms with Crippen LogP contribution in [0.4, 0.5) is 0 Å². The van der Waals surface area contributed by atoms with Crippen LogP contribution in [0.2, 0.25) is 0 Å². The standard InChI is InChI=1S/C11H11NO4S/c1-17(15,16)9-2-3-10-8(6-9)4-5-12(10)7-11(13)14/h2-6H,7H2,1H3,(H,13,14). The Labute approximate surface area is 98.2 Å². The Hall–Kier alpha value is -1.82. The lowest BCUT2D eigenvalue weighted by Gasteiger charge is -2.02. The van der Waals surface area contributed by atoms with Crippen molar-refractivity contribution < 1.29 is 18.3 Å². The number of nitrogens with zero attached hydrogens (tertiary/aromatic N) is 1. The Morgan fingerprint density at radius 2 is 2.06 bits per heavy atom. The van der Waals surface area contributed by atoms with Crippen LogP contribution in [0.3, 0.4) is 0 Å². The highest BCUT2D eigenvalue weighted by atomic mass is 32.2. The van der Waals surface area contributed by atoms with Crippen LogP contribution >= 0.6 is 0 Å². The van der Waals surface area contributed by atoms with Crippen LogP contribution in [-0.2, 0) is 21.2 Å². The van der Waals surface area contributed by atoms with Gasteiger partial charge >= 0.3 is 5.97 Å². The van der Waals surface area contributed by atoms with E-state index in [1.54, 1.807) is 29.0 Å². The summed E-state index contributed by atoms with van der Waals surface area (Å²) in [6.07, 6.45) is 2.77. The van der Waals surface area contributed by atoms with E-state index >= 15 is 0 Å². The van der Waals surface area contributed by atoms with Crippen LogP contribution in [-0.4, -0.2) is 30.3 Å². The fraction of sp³-hybridized carbons (Fsp3) is 0.182. The maximum Gasteiger partial charge on any atom is 0.323 e. The molecule has 1 N–H and O–H groups in total. The number of carboxylic acid groups (broad SMARTS) is 1. The molecular weight excluding hydrogens is 242 g/mol. The molecule has 17 heavy (non-hydrogen) atoms.